The van der Waals surface area contributed by atoms with Crippen LogP contribution in [-0.4, -0.2) is 4.98 Å². The molecule has 0 saturated heterocycles. The van der Waals surface area contributed by atoms with Crippen LogP contribution in [0.1, 0.15) is 30.9 Å². The molecule has 2 saturated carbocycles. The minimum atomic E-state index is 0.277. The SMILES string of the molecule is NNC(c1ccc2cccnc2c1)C1CC2CC2C1. The van der Waals surface area contributed by atoms with Gasteiger partial charge in [-0.05, 0) is 54.7 Å². The van der Waals surface area contributed by atoms with Gasteiger partial charge in [0, 0.05) is 17.6 Å². The van der Waals surface area contributed by atoms with Gasteiger partial charge in [-0.3, -0.25) is 16.3 Å². The zero-order valence-electron chi connectivity index (χ0n) is 10.9. The molecule has 3 nitrogen and oxygen atoms in total. The Morgan fingerprint density at radius 2 is 2.00 bits per heavy atom. The molecule has 19 heavy (non-hydrogen) atoms. The van der Waals surface area contributed by atoms with Crippen LogP contribution in [0, 0.1) is 17.8 Å². The molecular weight excluding hydrogens is 234 g/mol. The number of hydrogen-bond donors (Lipinski definition) is 2. The van der Waals surface area contributed by atoms with Crippen molar-refractivity contribution in [1.29, 1.82) is 0 Å². The van der Waals surface area contributed by atoms with E-state index < -0.39 is 0 Å². The fourth-order valence-corrected chi connectivity index (χ4v) is 3.82. The van der Waals surface area contributed by atoms with Crippen LogP contribution in [0.2, 0.25) is 0 Å². The van der Waals surface area contributed by atoms with E-state index in [1.807, 2.05) is 12.3 Å². The van der Waals surface area contributed by atoms with Gasteiger partial charge in [-0.2, -0.15) is 0 Å². The fraction of sp³-hybridized carbons (Fsp3) is 0.438. The van der Waals surface area contributed by atoms with Gasteiger partial charge in [0.15, 0.2) is 0 Å². The third kappa shape index (κ3) is 1.94. The molecule has 1 aromatic heterocycles. The largest absolute Gasteiger partial charge is 0.271 e. The minimum absolute atomic E-state index is 0.277. The Hall–Kier alpha value is -1.45. The van der Waals surface area contributed by atoms with E-state index in [1.165, 1.54) is 30.2 Å². The van der Waals surface area contributed by atoms with E-state index in [2.05, 4.69) is 34.7 Å². The fourth-order valence-electron chi connectivity index (χ4n) is 3.82. The lowest BCUT2D eigenvalue weighted by atomic mass is 9.89. The second-order valence-electron chi connectivity index (χ2n) is 6.09. The lowest BCUT2D eigenvalue weighted by molar-refractivity contribution is 0.346. The Kier molecular flexibility index (Phi) is 2.57. The van der Waals surface area contributed by atoms with Crippen molar-refractivity contribution >= 4 is 10.9 Å². The van der Waals surface area contributed by atoms with Crippen LogP contribution >= 0.6 is 0 Å². The first-order chi connectivity index (χ1) is 9.35. The molecule has 0 spiro atoms. The summed E-state index contributed by atoms with van der Waals surface area (Å²) < 4.78 is 0. The van der Waals surface area contributed by atoms with Crippen molar-refractivity contribution in [3.05, 3.63) is 42.1 Å². The highest BCUT2D eigenvalue weighted by molar-refractivity contribution is 5.79. The number of aromatic nitrogens is 1. The predicted molar refractivity (Wildman–Crippen MR) is 76.1 cm³/mol. The average Bonchev–Trinajstić information content (AvgIpc) is 3.06. The number of nitrogens with zero attached hydrogens (tertiary/aromatic N) is 1. The Morgan fingerprint density at radius 3 is 2.79 bits per heavy atom. The number of nitrogens with two attached hydrogens (primary N) is 1. The summed E-state index contributed by atoms with van der Waals surface area (Å²) in [7, 11) is 0. The molecule has 0 bridgehead atoms. The zero-order valence-corrected chi connectivity index (χ0v) is 10.9. The van der Waals surface area contributed by atoms with Crippen LogP contribution < -0.4 is 11.3 Å². The molecule has 3 heteroatoms. The molecule has 0 aliphatic heterocycles. The zero-order chi connectivity index (χ0) is 12.8. The van der Waals surface area contributed by atoms with Gasteiger partial charge in [-0.15, -0.1) is 0 Å². The highest BCUT2D eigenvalue weighted by Gasteiger charge is 2.47. The molecule has 0 radical (unpaired) electrons. The number of fused-ring (bicyclic) bond motifs is 2. The smallest absolute Gasteiger partial charge is 0.0705 e. The maximum atomic E-state index is 5.82. The molecule has 2 aromatic rings. The number of hydrogen-bond acceptors (Lipinski definition) is 3. The normalized spacial score (nSPS) is 30.3. The number of nitrogens with one attached hydrogen (secondary N) is 1. The Morgan fingerprint density at radius 1 is 1.16 bits per heavy atom. The second-order valence-corrected chi connectivity index (χ2v) is 6.09. The van der Waals surface area contributed by atoms with Crippen molar-refractivity contribution in [2.75, 3.05) is 0 Å². The Balaban J connectivity index is 1.67. The van der Waals surface area contributed by atoms with E-state index in [4.69, 9.17) is 5.84 Å². The molecule has 0 amide bonds. The second kappa shape index (κ2) is 4.29. The van der Waals surface area contributed by atoms with E-state index in [1.54, 1.807) is 0 Å². The van der Waals surface area contributed by atoms with Gasteiger partial charge in [-0.1, -0.05) is 18.2 Å². The molecule has 3 N–H and O–H groups in total. The van der Waals surface area contributed by atoms with Crippen molar-refractivity contribution in [1.82, 2.24) is 10.4 Å². The van der Waals surface area contributed by atoms with Gasteiger partial charge in [-0.25, -0.2) is 0 Å². The number of rotatable bonds is 3. The quantitative estimate of drug-likeness (QED) is 0.653. The third-order valence-corrected chi connectivity index (χ3v) is 4.92. The summed E-state index contributed by atoms with van der Waals surface area (Å²) in [5.41, 5.74) is 5.37. The number of benzene rings is 1. The van der Waals surface area contributed by atoms with Crippen LogP contribution in [-0.2, 0) is 0 Å². The van der Waals surface area contributed by atoms with E-state index in [9.17, 15) is 0 Å². The van der Waals surface area contributed by atoms with E-state index in [-0.39, 0.29) is 6.04 Å². The highest BCUT2D eigenvalue weighted by atomic mass is 15.2. The van der Waals surface area contributed by atoms with Crippen LogP contribution in [0.15, 0.2) is 36.5 Å². The maximum absolute atomic E-state index is 5.82. The minimum Gasteiger partial charge on any atom is -0.271 e. The average molecular weight is 253 g/mol. The summed E-state index contributed by atoms with van der Waals surface area (Å²) in [4.78, 5) is 4.44. The first kappa shape index (κ1) is 11.4. The van der Waals surface area contributed by atoms with Gasteiger partial charge in [0.1, 0.15) is 0 Å². The molecule has 1 heterocycles. The summed E-state index contributed by atoms with van der Waals surface area (Å²) >= 11 is 0. The molecule has 98 valence electrons. The van der Waals surface area contributed by atoms with Crippen molar-refractivity contribution < 1.29 is 0 Å². The highest BCUT2D eigenvalue weighted by Crippen LogP contribution is 2.57. The summed E-state index contributed by atoms with van der Waals surface area (Å²) in [5.74, 6) is 8.48. The lowest BCUT2D eigenvalue weighted by Crippen LogP contribution is -2.33. The summed E-state index contributed by atoms with van der Waals surface area (Å²) in [6.07, 6.45) is 5.97. The van der Waals surface area contributed by atoms with Gasteiger partial charge in [0.05, 0.1) is 5.52 Å². The first-order valence-corrected chi connectivity index (χ1v) is 7.16. The van der Waals surface area contributed by atoms with Gasteiger partial charge in [0.2, 0.25) is 0 Å². The van der Waals surface area contributed by atoms with Crippen LogP contribution in [0.25, 0.3) is 10.9 Å². The molecule has 2 fully saturated rings. The third-order valence-electron chi connectivity index (χ3n) is 4.92. The molecule has 2 aliphatic rings. The van der Waals surface area contributed by atoms with Crippen molar-refractivity contribution in [3.8, 4) is 0 Å². The molecule has 3 unspecified atom stereocenters. The van der Waals surface area contributed by atoms with Gasteiger partial charge in [0.25, 0.3) is 0 Å². The standard InChI is InChI=1S/C16H19N3/c17-19-16(14-7-12-6-13(12)8-14)11-4-3-10-2-1-5-18-15(10)9-11/h1-5,9,12-14,16,19H,6-8,17H2. The summed E-state index contributed by atoms with van der Waals surface area (Å²) in [6.45, 7) is 0. The lowest BCUT2D eigenvalue weighted by Gasteiger charge is -2.24. The first-order valence-electron chi connectivity index (χ1n) is 7.16. The molecule has 4 rings (SSSR count). The Labute approximate surface area is 113 Å². The topological polar surface area (TPSA) is 50.9 Å². The van der Waals surface area contributed by atoms with Crippen LogP contribution in [0.4, 0.5) is 0 Å². The van der Waals surface area contributed by atoms with E-state index in [0.717, 1.165) is 17.4 Å². The van der Waals surface area contributed by atoms with Crippen molar-refractivity contribution in [3.63, 3.8) is 0 Å². The molecular formula is C16H19N3. The Bertz CT molecular complexity index is 600. The van der Waals surface area contributed by atoms with E-state index in [0.29, 0.717) is 5.92 Å². The monoisotopic (exact) mass is 253 g/mol. The van der Waals surface area contributed by atoms with E-state index >= 15 is 0 Å². The molecule has 2 aliphatic carbocycles. The van der Waals surface area contributed by atoms with Crippen LogP contribution in [0.5, 0.6) is 0 Å². The van der Waals surface area contributed by atoms with Crippen LogP contribution in [0.3, 0.4) is 0 Å². The maximum Gasteiger partial charge on any atom is 0.0705 e. The van der Waals surface area contributed by atoms with Crippen molar-refractivity contribution in [2.24, 2.45) is 23.6 Å². The van der Waals surface area contributed by atoms with Gasteiger partial charge >= 0.3 is 0 Å². The van der Waals surface area contributed by atoms with Gasteiger partial charge < -0.3 is 0 Å². The summed E-state index contributed by atoms with van der Waals surface area (Å²) in [6, 6.07) is 10.9. The molecule has 3 atom stereocenters. The molecule has 1 aromatic carbocycles. The van der Waals surface area contributed by atoms with Crippen molar-refractivity contribution in [2.45, 2.75) is 25.3 Å². The number of hydrazine groups is 1. The predicted octanol–water partition coefficient (Wildman–Crippen LogP) is 2.79. The summed E-state index contributed by atoms with van der Waals surface area (Å²) in [5, 5.41) is 1.19. The number of pyridine rings is 1.